The molecule has 0 saturated carbocycles. The summed E-state index contributed by atoms with van der Waals surface area (Å²) >= 11 is 0. The van der Waals surface area contributed by atoms with E-state index in [0.29, 0.717) is 30.3 Å². The van der Waals surface area contributed by atoms with E-state index >= 15 is 0 Å². The Morgan fingerprint density at radius 1 is 1.04 bits per heavy atom. The molecule has 1 aliphatic rings. The first-order valence-electron chi connectivity index (χ1n) is 8.98. The van der Waals surface area contributed by atoms with Crippen LogP contribution in [0.25, 0.3) is 0 Å². The van der Waals surface area contributed by atoms with Crippen molar-refractivity contribution in [2.45, 2.75) is 45.6 Å². The summed E-state index contributed by atoms with van der Waals surface area (Å²) in [6.45, 7) is 5.14. The minimum atomic E-state index is -0.243. The van der Waals surface area contributed by atoms with Crippen molar-refractivity contribution in [2.75, 3.05) is 19.8 Å². The van der Waals surface area contributed by atoms with Crippen LogP contribution in [0.5, 0.6) is 11.5 Å². The van der Waals surface area contributed by atoms with Crippen LogP contribution in [0.1, 0.15) is 49.9 Å². The van der Waals surface area contributed by atoms with E-state index < -0.39 is 0 Å². The van der Waals surface area contributed by atoms with E-state index in [2.05, 4.69) is 10.6 Å². The molecule has 0 aliphatic carbocycles. The summed E-state index contributed by atoms with van der Waals surface area (Å²) in [5.41, 5.74) is 0.495. The fourth-order valence-corrected chi connectivity index (χ4v) is 2.44. The molecule has 0 bridgehead atoms. The van der Waals surface area contributed by atoms with Crippen molar-refractivity contribution in [3.05, 3.63) is 23.8 Å². The van der Waals surface area contributed by atoms with Gasteiger partial charge in [0.05, 0.1) is 0 Å². The number of hydrogen-bond acceptors (Lipinski definition) is 5. The molecule has 7 nitrogen and oxygen atoms in total. The Labute approximate surface area is 153 Å². The summed E-state index contributed by atoms with van der Waals surface area (Å²) in [6, 6.07) is 5.15. The normalized spacial score (nSPS) is 13.6. The largest absolute Gasteiger partial charge is 0.486 e. The number of benzene rings is 1. The van der Waals surface area contributed by atoms with Crippen LogP contribution in [0.2, 0.25) is 0 Å². The van der Waals surface area contributed by atoms with Crippen LogP contribution in [-0.2, 0) is 9.59 Å². The Balaban J connectivity index is 1.70. The van der Waals surface area contributed by atoms with Crippen LogP contribution in [0.4, 0.5) is 0 Å². The maximum absolute atomic E-state index is 12.2. The van der Waals surface area contributed by atoms with Crippen molar-refractivity contribution in [2.24, 2.45) is 0 Å². The van der Waals surface area contributed by atoms with Gasteiger partial charge in [0.2, 0.25) is 11.8 Å². The molecule has 0 aromatic heterocycles. The van der Waals surface area contributed by atoms with Crippen LogP contribution < -0.4 is 20.1 Å². The van der Waals surface area contributed by atoms with Gasteiger partial charge < -0.3 is 20.1 Å². The second kappa shape index (κ2) is 9.79. The molecule has 1 aliphatic heterocycles. The zero-order valence-electron chi connectivity index (χ0n) is 15.3. The second-order valence-corrected chi connectivity index (χ2v) is 6.26. The average Bonchev–Trinajstić information content (AvgIpc) is 2.65. The topological polar surface area (TPSA) is 93.7 Å². The van der Waals surface area contributed by atoms with Crippen molar-refractivity contribution in [1.29, 1.82) is 0 Å². The lowest BCUT2D eigenvalue weighted by molar-refractivity contribution is -0.122. The lowest BCUT2D eigenvalue weighted by atomic mass is 10.1. The molecule has 0 radical (unpaired) electrons. The quantitative estimate of drug-likeness (QED) is 0.654. The molecule has 2 rings (SSSR count). The monoisotopic (exact) mass is 362 g/mol. The van der Waals surface area contributed by atoms with Crippen LogP contribution in [-0.4, -0.2) is 43.4 Å². The highest BCUT2D eigenvalue weighted by Gasteiger charge is 2.16. The van der Waals surface area contributed by atoms with Crippen LogP contribution in [0, 0.1) is 0 Å². The van der Waals surface area contributed by atoms with Gasteiger partial charge in [-0.1, -0.05) is 6.92 Å². The molecule has 142 valence electrons. The van der Waals surface area contributed by atoms with Crippen molar-refractivity contribution >= 4 is 17.6 Å². The number of hydrogen-bond donors (Lipinski definition) is 2. The Morgan fingerprint density at radius 3 is 2.50 bits per heavy atom. The fourth-order valence-electron chi connectivity index (χ4n) is 2.44. The summed E-state index contributed by atoms with van der Waals surface area (Å²) in [6.07, 6.45) is 1.27. The van der Waals surface area contributed by atoms with E-state index in [1.807, 2.05) is 13.8 Å². The van der Waals surface area contributed by atoms with E-state index in [4.69, 9.17) is 9.47 Å². The Bertz CT molecular complexity index is 659. The highest BCUT2D eigenvalue weighted by Crippen LogP contribution is 2.31. The minimum absolute atomic E-state index is 0.0836. The average molecular weight is 362 g/mol. The zero-order valence-corrected chi connectivity index (χ0v) is 15.3. The molecule has 0 spiro atoms. The van der Waals surface area contributed by atoms with Crippen LogP contribution in [0.15, 0.2) is 18.2 Å². The highest BCUT2D eigenvalue weighted by molar-refractivity contribution is 5.98. The van der Waals surface area contributed by atoms with Gasteiger partial charge in [-0.3, -0.25) is 14.4 Å². The Morgan fingerprint density at radius 2 is 1.77 bits per heavy atom. The van der Waals surface area contributed by atoms with Gasteiger partial charge >= 0.3 is 0 Å². The summed E-state index contributed by atoms with van der Waals surface area (Å²) in [7, 11) is 0. The lowest BCUT2D eigenvalue weighted by Crippen LogP contribution is -2.35. The van der Waals surface area contributed by atoms with Gasteiger partial charge in [-0.05, 0) is 31.5 Å². The predicted octanol–water partition coefficient (Wildman–Crippen LogP) is 1.84. The number of nitrogens with one attached hydrogen (secondary N) is 2. The maximum atomic E-state index is 12.2. The van der Waals surface area contributed by atoms with Gasteiger partial charge in [0, 0.05) is 37.4 Å². The molecule has 0 saturated heterocycles. The van der Waals surface area contributed by atoms with Crippen molar-refractivity contribution in [3.8, 4) is 11.5 Å². The van der Waals surface area contributed by atoms with Crippen LogP contribution in [0.3, 0.4) is 0 Å². The smallest absolute Gasteiger partial charge is 0.221 e. The lowest BCUT2D eigenvalue weighted by Gasteiger charge is -2.18. The van der Waals surface area contributed by atoms with E-state index in [1.165, 1.54) is 0 Å². The molecule has 1 unspecified atom stereocenters. The van der Waals surface area contributed by atoms with Crippen molar-refractivity contribution in [1.82, 2.24) is 10.6 Å². The van der Waals surface area contributed by atoms with E-state index in [9.17, 15) is 14.4 Å². The number of carbonyl (C=O) groups excluding carboxylic acids is 3. The molecule has 1 aromatic rings. The number of fused-ring (bicyclic) bond motifs is 1. The highest BCUT2D eigenvalue weighted by atomic mass is 16.6. The van der Waals surface area contributed by atoms with Gasteiger partial charge in [0.25, 0.3) is 0 Å². The third-order valence-corrected chi connectivity index (χ3v) is 4.14. The molecule has 0 fully saturated rings. The zero-order chi connectivity index (χ0) is 18.9. The SMILES string of the molecule is CCC(C)NC(=O)CCNC(=O)CCC(=O)c1ccc2c(c1)OCCO2. The number of ether oxygens (including phenoxy) is 2. The second-order valence-electron chi connectivity index (χ2n) is 6.26. The molecular formula is C19H26N2O5. The number of carbonyl (C=O) groups is 3. The first kappa shape index (κ1) is 19.8. The van der Waals surface area contributed by atoms with Crippen LogP contribution >= 0.6 is 0 Å². The summed E-state index contributed by atoms with van der Waals surface area (Å²) in [4.78, 5) is 35.7. The van der Waals surface area contributed by atoms with Gasteiger partial charge in [-0.15, -0.1) is 0 Å². The van der Waals surface area contributed by atoms with Crippen molar-refractivity contribution in [3.63, 3.8) is 0 Å². The first-order chi connectivity index (χ1) is 12.5. The molecular weight excluding hydrogens is 336 g/mol. The fraction of sp³-hybridized carbons (Fsp3) is 0.526. The van der Waals surface area contributed by atoms with Gasteiger partial charge in [-0.2, -0.15) is 0 Å². The third kappa shape index (κ3) is 6.06. The first-order valence-corrected chi connectivity index (χ1v) is 8.98. The standard InChI is InChI=1S/C19H26N2O5/c1-3-13(2)21-19(24)8-9-20-18(23)7-5-15(22)14-4-6-16-17(12-14)26-11-10-25-16/h4,6,12-13H,3,5,7-11H2,1-2H3,(H,20,23)(H,21,24). The summed E-state index contributed by atoms with van der Waals surface area (Å²) < 4.78 is 10.9. The van der Waals surface area contributed by atoms with Crippen molar-refractivity contribution < 1.29 is 23.9 Å². The minimum Gasteiger partial charge on any atom is -0.486 e. The summed E-state index contributed by atoms with van der Waals surface area (Å²) in [5, 5.41) is 5.50. The molecule has 7 heteroatoms. The molecule has 2 N–H and O–H groups in total. The maximum Gasteiger partial charge on any atom is 0.221 e. The molecule has 2 amide bonds. The molecule has 1 atom stereocenters. The molecule has 1 heterocycles. The molecule has 26 heavy (non-hydrogen) atoms. The van der Waals surface area contributed by atoms with E-state index in [0.717, 1.165) is 6.42 Å². The third-order valence-electron chi connectivity index (χ3n) is 4.14. The molecule has 1 aromatic carbocycles. The van der Waals surface area contributed by atoms with E-state index in [-0.39, 0.29) is 49.4 Å². The number of Topliss-reactive ketones (excluding diaryl/α,β-unsaturated/α-hetero) is 1. The van der Waals surface area contributed by atoms with Gasteiger partial charge in [0.1, 0.15) is 13.2 Å². The number of amides is 2. The predicted molar refractivity (Wildman–Crippen MR) is 96.5 cm³/mol. The number of rotatable bonds is 9. The van der Waals surface area contributed by atoms with E-state index in [1.54, 1.807) is 18.2 Å². The Hall–Kier alpha value is -2.57. The summed E-state index contributed by atoms with van der Waals surface area (Å²) in [5.74, 6) is 0.714. The Kier molecular flexibility index (Phi) is 7.44. The van der Waals surface area contributed by atoms with Gasteiger partial charge in [0.15, 0.2) is 17.3 Å². The number of ketones is 1. The van der Waals surface area contributed by atoms with Gasteiger partial charge in [-0.25, -0.2) is 0 Å².